The summed E-state index contributed by atoms with van der Waals surface area (Å²) < 4.78 is 5.81. The number of nitrogens with one attached hydrogen (secondary N) is 1. The van der Waals surface area contributed by atoms with Crippen molar-refractivity contribution in [2.75, 3.05) is 13.6 Å². The van der Waals surface area contributed by atoms with Gasteiger partial charge in [-0.2, -0.15) is 0 Å². The number of hydrogen-bond acceptors (Lipinski definition) is 3. The third-order valence-electron chi connectivity index (χ3n) is 4.52. The van der Waals surface area contributed by atoms with Gasteiger partial charge in [-0.3, -0.25) is 9.69 Å². The molecule has 1 fully saturated rings. The second kappa shape index (κ2) is 8.37. The number of rotatable bonds is 6. The van der Waals surface area contributed by atoms with E-state index in [1.807, 2.05) is 36.4 Å². The van der Waals surface area contributed by atoms with Gasteiger partial charge < -0.3 is 10.1 Å². The molecule has 1 heterocycles. The number of likely N-dealkylation sites (tertiary alicyclic amines) is 1. The lowest BCUT2D eigenvalue weighted by Gasteiger charge is -2.23. The smallest absolute Gasteiger partial charge is 0.237 e. The van der Waals surface area contributed by atoms with E-state index in [1.54, 1.807) is 7.05 Å². The molecule has 2 aromatic rings. The molecule has 5 heteroatoms. The standard InChI is InChI=1S/C20H23ClN2O2/c1-22-20(24)19-6-3-11-23(19)13-15-7-9-18(10-8-15)25-14-16-4-2-5-17(21)12-16/h2,4-5,7-10,12,19H,3,6,11,13-14H2,1H3,(H,22,24)/t19-/m0/s1. The number of likely N-dealkylation sites (N-methyl/N-ethyl adjacent to an activating group) is 1. The normalized spacial score (nSPS) is 17.4. The first-order valence-corrected chi connectivity index (χ1v) is 8.95. The van der Waals surface area contributed by atoms with Gasteiger partial charge in [0.1, 0.15) is 12.4 Å². The third-order valence-corrected chi connectivity index (χ3v) is 4.75. The first-order chi connectivity index (χ1) is 12.2. The molecule has 2 aromatic carbocycles. The number of nitrogens with zero attached hydrogens (tertiary/aromatic N) is 1. The summed E-state index contributed by atoms with van der Waals surface area (Å²) in [6.07, 6.45) is 2.00. The summed E-state index contributed by atoms with van der Waals surface area (Å²) in [4.78, 5) is 14.2. The van der Waals surface area contributed by atoms with Gasteiger partial charge in [0.25, 0.3) is 0 Å². The van der Waals surface area contributed by atoms with Crippen LogP contribution in [0.15, 0.2) is 48.5 Å². The van der Waals surface area contributed by atoms with Crippen LogP contribution in [0.3, 0.4) is 0 Å². The maximum Gasteiger partial charge on any atom is 0.237 e. The Hall–Kier alpha value is -2.04. The molecule has 0 bridgehead atoms. The van der Waals surface area contributed by atoms with Gasteiger partial charge in [-0.15, -0.1) is 0 Å². The van der Waals surface area contributed by atoms with Gasteiger partial charge in [0, 0.05) is 18.6 Å². The molecular weight excluding hydrogens is 336 g/mol. The van der Waals surface area contributed by atoms with Crippen molar-refractivity contribution in [1.29, 1.82) is 0 Å². The molecule has 1 amide bonds. The van der Waals surface area contributed by atoms with E-state index in [2.05, 4.69) is 22.3 Å². The molecule has 0 radical (unpaired) electrons. The van der Waals surface area contributed by atoms with Crippen molar-refractivity contribution in [1.82, 2.24) is 10.2 Å². The van der Waals surface area contributed by atoms with Crippen LogP contribution < -0.4 is 10.1 Å². The SMILES string of the molecule is CNC(=O)[C@@H]1CCCN1Cc1ccc(OCc2cccc(Cl)c2)cc1. The van der Waals surface area contributed by atoms with Gasteiger partial charge in [0.15, 0.2) is 0 Å². The van der Waals surface area contributed by atoms with E-state index >= 15 is 0 Å². The van der Waals surface area contributed by atoms with Gasteiger partial charge >= 0.3 is 0 Å². The van der Waals surface area contributed by atoms with Gasteiger partial charge in [-0.05, 0) is 54.8 Å². The lowest BCUT2D eigenvalue weighted by Crippen LogP contribution is -2.41. The summed E-state index contributed by atoms with van der Waals surface area (Å²) in [6.45, 7) is 2.24. The molecule has 1 aliphatic rings. The molecule has 0 unspecified atom stereocenters. The summed E-state index contributed by atoms with van der Waals surface area (Å²) in [6, 6.07) is 15.7. The highest BCUT2D eigenvalue weighted by molar-refractivity contribution is 6.30. The zero-order valence-corrected chi connectivity index (χ0v) is 15.1. The number of carbonyl (C=O) groups is 1. The van der Waals surface area contributed by atoms with E-state index in [0.29, 0.717) is 11.6 Å². The minimum Gasteiger partial charge on any atom is -0.489 e. The van der Waals surface area contributed by atoms with Crippen LogP contribution in [0.25, 0.3) is 0 Å². The fourth-order valence-corrected chi connectivity index (χ4v) is 3.41. The third kappa shape index (κ3) is 4.74. The summed E-state index contributed by atoms with van der Waals surface area (Å²) in [5.41, 5.74) is 2.23. The van der Waals surface area contributed by atoms with Crippen molar-refractivity contribution >= 4 is 17.5 Å². The van der Waals surface area contributed by atoms with Crippen molar-refractivity contribution in [3.8, 4) is 5.75 Å². The van der Waals surface area contributed by atoms with E-state index in [-0.39, 0.29) is 11.9 Å². The lowest BCUT2D eigenvalue weighted by molar-refractivity contribution is -0.125. The summed E-state index contributed by atoms with van der Waals surface area (Å²) >= 11 is 5.98. The molecule has 1 atom stereocenters. The van der Waals surface area contributed by atoms with Crippen molar-refractivity contribution < 1.29 is 9.53 Å². The summed E-state index contributed by atoms with van der Waals surface area (Å²) in [5, 5.41) is 3.47. The number of benzene rings is 2. The van der Waals surface area contributed by atoms with Crippen LogP contribution in [0.1, 0.15) is 24.0 Å². The first-order valence-electron chi connectivity index (χ1n) is 8.57. The second-order valence-electron chi connectivity index (χ2n) is 6.31. The molecule has 25 heavy (non-hydrogen) atoms. The predicted molar refractivity (Wildman–Crippen MR) is 99.7 cm³/mol. The minimum atomic E-state index is -0.0104. The molecular formula is C20H23ClN2O2. The van der Waals surface area contributed by atoms with Crippen molar-refractivity contribution in [3.05, 3.63) is 64.7 Å². The predicted octanol–water partition coefficient (Wildman–Crippen LogP) is 3.63. The second-order valence-corrected chi connectivity index (χ2v) is 6.74. The van der Waals surface area contributed by atoms with Crippen molar-refractivity contribution in [2.45, 2.75) is 32.0 Å². The van der Waals surface area contributed by atoms with E-state index in [4.69, 9.17) is 16.3 Å². The highest BCUT2D eigenvalue weighted by Gasteiger charge is 2.29. The van der Waals surface area contributed by atoms with Crippen LogP contribution >= 0.6 is 11.6 Å². The number of ether oxygens (including phenoxy) is 1. The van der Waals surface area contributed by atoms with Crippen LogP contribution in [0, 0.1) is 0 Å². The average Bonchev–Trinajstić information content (AvgIpc) is 3.09. The minimum absolute atomic E-state index is 0.0104. The van der Waals surface area contributed by atoms with E-state index in [0.717, 1.165) is 37.2 Å². The highest BCUT2D eigenvalue weighted by atomic mass is 35.5. The largest absolute Gasteiger partial charge is 0.489 e. The Balaban J connectivity index is 1.56. The Morgan fingerprint density at radius 1 is 1.24 bits per heavy atom. The molecule has 0 aliphatic carbocycles. The number of halogens is 1. The van der Waals surface area contributed by atoms with Crippen molar-refractivity contribution in [2.24, 2.45) is 0 Å². The Morgan fingerprint density at radius 3 is 2.76 bits per heavy atom. The Bertz CT molecular complexity index is 718. The number of carbonyl (C=O) groups excluding carboxylic acids is 1. The Labute approximate surface area is 153 Å². The van der Waals surface area contributed by atoms with Gasteiger partial charge in [-0.25, -0.2) is 0 Å². The van der Waals surface area contributed by atoms with Crippen molar-refractivity contribution in [3.63, 3.8) is 0 Å². The van der Waals surface area contributed by atoms with Crippen LogP contribution in [0.2, 0.25) is 5.02 Å². The molecule has 0 aromatic heterocycles. The molecule has 0 spiro atoms. The van der Waals surface area contributed by atoms with E-state index in [1.165, 1.54) is 5.56 Å². The zero-order valence-electron chi connectivity index (χ0n) is 14.4. The fourth-order valence-electron chi connectivity index (χ4n) is 3.20. The van der Waals surface area contributed by atoms with Crippen LogP contribution in [-0.2, 0) is 17.9 Å². The quantitative estimate of drug-likeness (QED) is 0.857. The average molecular weight is 359 g/mol. The van der Waals surface area contributed by atoms with E-state index < -0.39 is 0 Å². The monoisotopic (exact) mass is 358 g/mol. The lowest BCUT2D eigenvalue weighted by atomic mass is 10.1. The number of hydrogen-bond donors (Lipinski definition) is 1. The Morgan fingerprint density at radius 2 is 2.04 bits per heavy atom. The molecule has 3 rings (SSSR count). The Kier molecular flexibility index (Phi) is 5.95. The highest BCUT2D eigenvalue weighted by Crippen LogP contribution is 2.22. The van der Waals surface area contributed by atoms with Crippen LogP contribution in [-0.4, -0.2) is 30.4 Å². The molecule has 0 saturated carbocycles. The number of amides is 1. The van der Waals surface area contributed by atoms with Crippen LogP contribution in [0.4, 0.5) is 0 Å². The molecule has 132 valence electrons. The summed E-state index contributed by atoms with van der Waals surface area (Å²) in [7, 11) is 1.70. The maximum atomic E-state index is 11.9. The molecule has 1 aliphatic heterocycles. The summed E-state index contributed by atoms with van der Waals surface area (Å²) in [5.74, 6) is 0.937. The molecule has 1 N–H and O–H groups in total. The molecule has 1 saturated heterocycles. The van der Waals surface area contributed by atoms with Gasteiger partial charge in [0.2, 0.25) is 5.91 Å². The topological polar surface area (TPSA) is 41.6 Å². The fraction of sp³-hybridized carbons (Fsp3) is 0.350. The molecule has 4 nitrogen and oxygen atoms in total. The van der Waals surface area contributed by atoms with E-state index in [9.17, 15) is 4.79 Å². The van der Waals surface area contributed by atoms with Gasteiger partial charge in [-0.1, -0.05) is 35.9 Å². The van der Waals surface area contributed by atoms with Crippen LogP contribution in [0.5, 0.6) is 5.75 Å². The van der Waals surface area contributed by atoms with Gasteiger partial charge in [0.05, 0.1) is 6.04 Å². The maximum absolute atomic E-state index is 11.9. The zero-order chi connectivity index (χ0) is 17.6. The first kappa shape index (κ1) is 17.8.